The van der Waals surface area contributed by atoms with Crippen LogP contribution in [0.1, 0.15) is 5.82 Å². The molecule has 0 saturated carbocycles. The quantitative estimate of drug-likeness (QED) is 0.566. The Morgan fingerprint density at radius 2 is 1.83 bits per heavy atom. The predicted molar refractivity (Wildman–Crippen MR) is 87.3 cm³/mol. The van der Waals surface area contributed by atoms with E-state index in [0.29, 0.717) is 17.1 Å². The Kier molecular flexibility index (Phi) is 3.20. The summed E-state index contributed by atoms with van der Waals surface area (Å²) in [5.74, 6) is -1.04. The number of hydrogen-bond donors (Lipinski definition) is 1. The largest absolute Gasteiger partial charge is 0.342 e. The molecule has 0 aliphatic heterocycles. The van der Waals surface area contributed by atoms with Crippen molar-refractivity contribution in [1.82, 2.24) is 15.0 Å². The van der Waals surface area contributed by atoms with Gasteiger partial charge in [0.1, 0.15) is 5.82 Å². The summed E-state index contributed by atoms with van der Waals surface area (Å²) in [6.07, 6.45) is 0. The Balaban J connectivity index is 1.90. The van der Waals surface area contributed by atoms with Gasteiger partial charge in [0.05, 0.1) is 27.1 Å². The average Bonchev–Trinajstić information content (AvgIpc) is 3.15. The lowest BCUT2D eigenvalue weighted by Crippen LogP contribution is -1.88. The minimum Gasteiger partial charge on any atom is -0.342 e. The molecule has 1 N–H and O–H groups in total. The van der Waals surface area contributed by atoms with Gasteiger partial charge in [0.25, 0.3) is 0 Å². The van der Waals surface area contributed by atoms with Crippen LogP contribution in [0.2, 0.25) is 0 Å². The molecule has 0 saturated heterocycles. The number of halogens is 2. The number of benzene rings is 2. The van der Waals surface area contributed by atoms with Gasteiger partial charge in [-0.1, -0.05) is 6.07 Å². The summed E-state index contributed by atoms with van der Waals surface area (Å²) in [6.45, 7) is 1.83. The van der Waals surface area contributed by atoms with Crippen LogP contribution in [0.25, 0.3) is 32.7 Å². The highest BCUT2D eigenvalue weighted by Gasteiger charge is 2.15. The molecule has 0 aliphatic rings. The van der Waals surface area contributed by atoms with E-state index in [1.807, 2.05) is 25.1 Å². The summed E-state index contributed by atoms with van der Waals surface area (Å²) in [5.41, 5.74) is 5.58. The number of thiazole rings is 1. The first kappa shape index (κ1) is 14.0. The summed E-state index contributed by atoms with van der Waals surface area (Å²) in [5, 5.41) is 0. The maximum absolute atomic E-state index is 13.6. The van der Waals surface area contributed by atoms with E-state index < -0.39 is 11.6 Å². The van der Waals surface area contributed by atoms with Crippen LogP contribution in [0.15, 0.2) is 41.9 Å². The van der Waals surface area contributed by atoms with Gasteiger partial charge in [-0.3, -0.25) is 0 Å². The first-order chi connectivity index (χ1) is 11.1. The van der Waals surface area contributed by atoms with Gasteiger partial charge in [-0.2, -0.15) is 0 Å². The van der Waals surface area contributed by atoms with Gasteiger partial charge >= 0.3 is 0 Å². The second-order valence-corrected chi connectivity index (χ2v) is 6.10. The lowest BCUT2D eigenvalue weighted by Gasteiger charge is -2.04. The van der Waals surface area contributed by atoms with E-state index in [9.17, 15) is 8.78 Å². The molecule has 114 valence electrons. The third-order valence-electron chi connectivity index (χ3n) is 3.64. The molecule has 0 aliphatic carbocycles. The first-order valence-electron chi connectivity index (χ1n) is 6.97. The third kappa shape index (κ3) is 2.41. The Morgan fingerprint density at radius 1 is 1.00 bits per heavy atom. The molecule has 2 aromatic heterocycles. The van der Waals surface area contributed by atoms with Gasteiger partial charge in [-0.15, -0.1) is 11.3 Å². The molecular formula is C17H11F2N3S. The van der Waals surface area contributed by atoms with Crippen molar-refractivity contribution in [3.63, 3.8) is 0 Å². The third-order valence-corrected chi connectivity index (χ3v) is 4.43. The van der Waals surface area contributed by atoms with E-state index in [4.69, 9.17) is 0 Å². The maximum atomic E-state index is 13.6. The van der Waals surface area contributed by atoms with E-state index in [1.54, 1.807) is 16.8 Å². The van der Waals surface area contributed by atoms with Crippen LogP contribution in [-0.2, 0) is 0 Å². The molecule has 4 rings (SSSR count). The second-order valence-electron chi connectivity index (χ2n) is 5.21. The molecule has 3 nitrogen and oxygen atoms in total. The maximum Gasteiger partial charge on any atom is 0.159 e. The van der Waals surface area contributed by atoms with Crippen molar-refractivity contribution >= 4 is 21.6 Å². The SMILES string of the molecule is Cc1nc(-c2ccc(F)c(F)c2)c(-c2ccc3ncsc3c2)[nH]1. The topological polar surface area (TPSA) is 41.6 Å². The lowest BCUT2D eigenvalue weighted by atomic mass is 10.0. The number of hydrogen-bond acceptors (Lipinski definition) is 3. The van der Waals surface area contributed by atoms with Gasteiger partial charge in [0.2, 0.25) is 0 Å². The van der Waals surface area contributed by atoms with Crippen LogP contribution in [0.3, 0.4) is 0 Å². The highest BCUT2D eigenvalue weighted by atomic mass is 32.1. The Labute approximate surface area is 134 Å². The van der Waals surface area contributed by atoms with E-state index in [0.717, 1.165) is 27.5 Å². The van der Waals surface area contributed by atoms with Gasteiger partial charge in [0, 0.05) is 11.1 Å². The van der Waals surface area contributed by atoms with Crippen molar-refractivity contribution in [2.45, 2.75) is 6.92 Å². The van der Waals surface area contributed by atoms with E-state index in [1.165, 1.54) is 12.1 Å². The van der Waals surface area contributed by atoms with Crippen LogP contribution in [0, 0.1) is 18.6 Å². The van der Waals surface area contributed by atoms with Crippen LogP contribution >= 0.6 is 11.3 Å². The fourth-order valence-corrected chi connectivity index (χ4v) is 3.28. The highest BCUT2D eigenvalue weighted by Crippen LogP contribution is 2.33. The number of H-pyrrole nitrogens is 1. The average molecular weight is 327 g/mol. The fraction of sp³-hybridized carbons (Fsp3) is 0.0588. The number of nitrogens with zero attached hydrogens (tertiary/aromatic N) is 2. The van der Waals surface area contributed by atoms with Crippen LogP contribution in [-0.4, -0.2) is 15.0 Å². The molecule has 0 fully saturated rings. The molecular weight excluding hydrogens is 316 g/mol. The van der Waals surface area contributed by atoms with Gasteiger partial charge < -0.3 is 4.98 Å². The zero-order chi connectivity index (χ0) is 16.0. The summed E-state index contributed by atoms with van der Waals surface area (Å²) in [7, 11) is 0. The molecule has 0 radical (unpaired) electrons. The van der Waals surface area contributed by atoms with Gasteiger partial charge in [-0.25, -0.2) is 18.7 Å². The van der Waals surface area contributed by atoms with E-state index in [-0.39, 0.29) is 0 Å². The molecule has 23 heavy (non-hydrogen) atoms. The monoisotopic (exact) mass is 327 g/mol. The first-order valence-corrected chi connectivity index (χ1v) is 7.85. The predicted octanol–water partition coefficient (Wildman–Crippen LogP) is 4.94. The summed E-state index contributed by atoms with van der Waals surface area (Å²) < 4.78 is 27.8. The summed E-state index contributed by atoms with van der Waals surface area (Å²) in [4.78, 5) is 11.9. The number of rotatable bonds is 2. The molecule has 0 atom stereocenters. The number of nitrogens with one attached hydrogen (secondary N) is 1. The molecule has 0 unspecified atom stereocenters. The molecule has 0 amide bonds. The summed E-state index contributed by atoms with van der Waals surface area (Å²) >= 11 is 1.55. The minimum absolute atomic E-state index is 0.535. The number of fused-ring (bicyclic) bond motifs is 1. The second kappa shape index (κ2) is 5.24. The Morgan fingerprint density at radius 3 is 2.65 bits per heavy atom. The van der Waals surface area contributed by atoms with Gasteiger partial charge in [-0.05, 0) is 37.3 Å². The molecule has 4 aromatic rings. The van der Waals surface area contributed by atoms with Crippen molar-refractivity contribution in [3.8, 4) is 22.5 Å². The minimum atomic E-state index is -0.882. The Bertz CT molecular complexity index is 1020. The van der Waals surface area contributed by atoms with Crippen molar-refractivity contribution in [1.29, 1.82) is 0 Å². The lowest BCUT2D eigenvalue weighted by molar-refractivity contribution is 0.509. The zero-order valence-electron chi connectivity index (χ0n) is 12.1. The zero-order valence-corrected chi connectivity index (χ0v) is 12.9. The molecule has 0 spiro atoms. The normalized spacial score (nSPS) is 11.3. The number of aromatic amines is 1. The van der Waals surface area contributed by atoms with E-state index in [2.05, 4.69) is 15.0 Å². The van der Waals surface area contributed by atoms with Crippen molar-refractivity contribution in [3.05, 3.63) is 59.4 Å². The smallest absolute Gasteiger partial charge is 0.159 e. The van der Waals surface area contributed by atoms with Crippen molar-refractivity contribution < 1.29 is 8.78 Å². The van der Waals surface area contributed by atoms with E-state index >= 15 is 0 Å². The van der Waals surface area contributed by atoms with Crippen molar-refractivity contribution in [2.24, 2.45) is 0 Å². The summed E-state index contributed by atoms with van der Waals surface area (Å²) in [6, 6.07) is 9.71. The standard InChI is InChI=1S/C17H11F2N3S/c1-9-21-16(10-2-4-12(18)13(19)6-10)17(22-9)11-3-5-14-15(7-11)23-8-20-14/h2-8H,1H3,(H,21,22). The van der Waals surface area contributed by atoms with Gasteiger partial charge in [0.15, 0.2) is 11.6 Å². The molecule has 0 bridgehead atoms. The fourth-order valence-electron chi connectivity index (χ4n) is 2.56. The molecule has 6 heteroatoms. The number of aromatic nitrogens is 3. The number of imidazole rings is 1. The number of aryl methyl sites for hydroxylation is 1. The Hall–Kier alpha value is -2.60. The molecule has 2 heterocycles. The van der Waals surface area contributed by atoms with Crippen LogP contribution in [0.5, 0.6) is 0 Å². The highest BCUT2D eigenvalue weighted by molar-refractivity contribution is 7.16. The molecule has 2 aromatic carbocycles. The van der Waals surface area contributed by atoms with Crippen molar-refractivity contribution in [2.75, 3.05) is 0 Å². The van der Waals surface area contributed by atoms with Crippen LogP contribution in [0.4, 0.5) is 8.78 Å². The van der Waals surface area contributed by atoms with Crippen LogP contribution < -0.4 is 0 Å².